The summed E-state index contributed by atoms with van der Waals surface area (Å²) in [4.78, 5) is 188. The summed E-state index contributed by atoms with van der Waals surface area (Å²) in [5.41, 5.74) is 2.89. The van der Waals surface area contributed by atoms with Gasteiger partial charge in [0.1, 0.15) is 56.9 Å². The van der Waals surface area contributed by atoms with Crippen molar-refractivity contribution in [1.29, 1.82) is 0 Å². The first kappa shape index (κ1) is 115. The third kappa shape index (κ3) is 50.8. The molecule has 42 heteroatoms. The van der Waals surface area contributed by atoms with Crippen LogP contribution < -0.4 is 35.5 Å². The van der Waals surface area contributed by atoms with Gasteiger partial charge in [-0.2, -0.15) is 0 Å². The van der Waals surface area contributed by atoms with Gasteiger partial charge < -0.3 is 136 Å². The number of para-hydroxylation sites is 3. The number of ketones is 3. The first-order valence-electron chi connectivity index (χ1n) is 43.3. The van der Waals surface area contributed by atoms with Gasteiger partial charge in [0.25, 0.3) is 0 Å². The molecule has 0 heterocycles. The molecule has 42 nitrogen and oxygen atoms in total. The van der Waals surface area contributed by atoms with Crippen LogP contribution in [0.5, 0.6) is 17.2 Å². The number of benzene rings is 3. The van der Waals surface area contributed by atoms with Crippen molar-refractivity contribution >= 4 is 84.1 Å². The number of esters is 1. The minimum atomic E-state index is -0.949. The highest BCUT2D eigenvalue weighted by Gasteiger charge is 2.27. The number of carbonyl (C=O) groups excluding carboxylic acids is 14. The van der Waals surface area contributed by atoms with Gasteiger partial charge in [0.15, 0.2) is 17.3 Å². The van der Waals surface area contributed by atoms with Gasteiger partial charge in [-0.25, -0.2) is 43.2 Å². The Morgan fingerprint density at radius 1 is 0.286 bits per heavy atom. The van der Waals surface area contributed by atoms with Gasteiger partial charge in [-0.05, 0) is 70.1 Å². The van der Waals surface area contributed by atoms with Gasteiger partial charge in [-0.15, -0.1) is 0 Å². The van der Waals surface area contributed by atoms with E-state index in [1.165, 1.54) is 90.7 Å². The third-order valence-corrected chi connectivity index (χ3v) is 18.8. The minimum absolute atomic E-state index is 0. The number of hydrogen-bond donors (Lipinski definition) is 4. The predicted molar refractivity (Wildman–Crippen MR) is 483 cm³/mol. The molecule has 10 amide bonds. The molecule has 3 aromatic rings. The van der Waals surface area contributed by atoms with E-state index in [1.807, 2.05) is 0 Å². The number of methoxy groups -OCH3 is 1. The lowest BCUT2D eigenvalue weighted by Crippen LogP contribution is -2.39. The normalized spacial score (nSPS) is 10.7. The molecule has 0 spiro atoms. The maximum atomic E-state index is 14.0. The van der Waals surface area contributed by atoms with Crippen LogP contribution in [0, 0.1) is 0 Å². The van der Waals surface area contributed by atoms with E-state index in [1.54, 1.807) is 45.9 Å². The molecule has 0 aliphatic carbocycles. The van der Waals surface area contributed by atoms with E-state index in [-0.39, 0.29) is 233 Å². The van der Waals surface area contributed by atoms with E-state index in [9.17, 15) is 67.1 Å². The molecule has 4 N–H and O–H groups in total. The van der Waals surface area contributed by atoms with Crippen molar-refractivity contribution in [2.24, 2.45) is 0 Å². The summed E-state index contributed by atoms with van der Waals surface area (Å²) in [6.45, 7) is 21.9. The number of allylic oxidation sites excluding steroid dienone is 3. The Kier molecular flexibility index (Phi) is 58.5. The lowest BCUT2D eigenvalue weighted by molar-refractivity contribution is -0.145. The molecule has 3 aromatic carbocycles. The van der Waals surface area contributed by atoms with Gasteiger partial charge in [0.2, 0.25) is 5.91 Å². The average molecular weight is 1880 g/mol. The van der Waals surface area contributed by atoms with E-state index in [0.717, 1.165) is 24.5 Å². The molecule has 0 bridgehead atoms. The van der Waals surface area contributed by atoms with Crippen LogP contribution >= 0.6 is 0 Å². The van der Waals surface area contributed by atoms with Crippen LogP contribution in [0.4, 0.5) is 43.2 Å². The Balaban J connectivity index is 0.0000607. The quantitative estimate of drug-likeness (QED) is 0.0177. The van der Waals surface area contributed by atoms with Crippen LogP contribution in [-0.4, -0.2) is 334 Å². The Hall–Kier alpha value is -12.3. The highest BCUT2D eigenvalue weighted by molar-refractivity contribution is 5.95. The summed E-state index contributed by atoms with van der Waals surface area (Å²) in [6, 6.07) is 13.8. The smallest absolute Gasteiger partial charge is 0.415 e. The lowest BCUT2D eigenvalue weighted by Gasteiger charge is -2.24. The molecule has 0 aliphatic rings. The maximum absolute atomic E-state index is 14.0. The van der Waals surface area contributed by atoms with Crippen LogP contribution in [0.2, 0.25) is 0 Å². The average Bonchev–Trinajstić information content (AvgIpc) is 0.837. The van der Waals surface area contributed by atoms with Gasteiger partial charge in [-0.1, -0.05) is 80.9 Å². The largest absolute Gasteiger partial charge is 0.461 e. The van der Waals surface area contributed by atoms with Crippen molar-refractivity contribution in [2.75, 3.05) is 221 Å². The zero-order chi connectivity index (χ0) is 98.3. The number of nitrogens with zero attached hydrogens (tertiary/aromatic N) is 6. The van der Waals surface area contributed by atoms with Crippen LogP contribution in [0.25, 0.3) is 0 Å². The van der Waals surface area contributed by atoms with Crippen molar-refractivity contribution in [3.8, 4) is 17.2 Å². The van der Waals surface area contributed by atoms with Gasteiger partial charge >= 0.3 is 60.8 Å². The number of rotatable bonds is 68. The Morgan fingerprint density at radius 3 is 0.782 bits per heavy atom. The number of ether oxygens (including phenoxy) is 18. The Labute approximate surface area is 778 Å². The van der Waals surface area contributed by atoms with E-state index >= 15 is 0 Å². The van der Waals surface area contributed by atoms with Crippen molar-refractivity contribution in [2.45, 2.75) is 119 Å². The first-order chi connectivity index (χ1) is 63.6. The predicted octanol–water partition coefficient (Wildman–Crippen LogP) is 9.56. The molecule has 0 aromatic heterocycles. The third-order valence-electron chi connectivity index (χ3n) is 18.8. The van der Waals surface area contributed by atoms with E-state index in [4.69, 9.17) is 85.3 Å². The Bertz CT molecular complexity index is 3850. The summed E-state index contributed by atoms with van der Waals surface area (Å²) in [5.74, 6) is -1.35. The zero-order valence-corrected chi connectivity index (χ0v) is 78.6. The molecule has 0 atom stereocenters. The summed E-state index contributed by atoms with van der Waals surface area (Å²) in [5, 5.41) is 10.4. The summed E-state index contributed by atoms with van der Waals surface area (Å²) in [6.07, 6.45) is -5.01. The number of amides is 10. The summed E-state index contributed by atoms with van der Waals surface area (Å²) >= 11 is 0. The van der Waals surface area contributed by atoms with Gasteiger partial charge in [0.05, 0.1) is 86.4 Å². The molecule has 0 unspecified atom stereocenters. The van der Waals surface area contributed by atoms with E-state index in [0.29, 0.717) is 93.6 Å². The highest BCUT2D eigenvalue weighted by atomic mass is 16.6. The maximum Gasteiger partial charge on any atom is 0.415 e. The number of Topliss-reactive ketones (excluding diaryl/α,β-unsaturated/α-hetero) is 3. The standard InChI is InChI=1S/C91H134N10O32.H2/c1-65(2)75(102)29-19-43-117-51-56-122-48-34-93-83(107)126-60-70-24-16-23-69(59-125-78(105)32-22-46-120-54-55-121-47-33-92-82(106)68(7)8)79(70)131-90(114)100(13)41-38-97(10)87(111)129-63-73-27-18-28-74(81(73)133-89(113)99(12)40-37-96(9)86(110)116-15)64-130-88(112)98(11)39-42-101(14)91(115)132-80-71(61-127-84(108)94-35-49-123-57-52-118-44-20-30-76(103)66(3)4)25-17-26-72(80)62-128-85(109)95-36-50-124-58-53-119-45-21-31-77(104)67(5)6;/h16-18,23-28H,1,3,5,7,19-22,29-64H2,2,4,6,8-15H3,(H,92,106)(H,93,107)(H,94,108)(H,95,109);1H/i;1+2. The van der Waals surface area contributed by atoms with Crippen LogP contribution in [0.1, 0.15) is 114 Å². The molecule has 133 heavy (non-hydrogen) atoms. The number of alkyl carbamates (subject to hydrolysis) is 3. The van der Waals surface area contributed by atoms with Gasteiger partial charge in [-0.3, -0.25) is 24.0 Å². The number of nitrogens with one attached hydrogen (secondary N) is 4. The summed E-state index contributed by atoms with van der Waals surface area (Å²) in [7, 11) is 9.60. The molecule has 0 saturated heterocycles. The molecule has 742 valence electrons. The minimum Gasteiger partial charge on any atom is -0.461 e. The number of likely N-dealkylation sites (N-methyl/N-ethyl adjacent to an activating group) is 6. The molecule has 0 fully saturated rings. The van der Waals surface area contributed by atoms with Crippen molar-refractivity contribution in [3.63, 3.8) is 0 Å². The van der Waals surface area contributed by atoms with Crippen molar-refractivity contribution in [3.05, 3.63) is 137 Å². The first-order valence-corrected chi connectivity index (χ1v) is 43.3. The van der Waals surface area contributed by atoms with E-state index < -0.39 is 93.8 Å². The lowest BCUT2D eigenvalue weighted by atomic mass is 10.1. The molecular formula is C91H136N10O32. The molecular weight excluding hydrogens is 1750 g/mol. The topological polar surface area (TPSA) is 473 Å². The van der Waals surface area contributed by atoms with Crippen LogP contribution in [0.3, 0.4) is 0 Å². The highest BCUT2D eigenvalue weighted by Crippen LogP contribution is 2.31. The summed E-state index contributed by atoms with van der Waals surface area (Å²) < 4.78 is 100. The zero-order valence-electron chi connectivity index (χ0n) is 78.6. The molecule has 0 radical (unpaired) electrons. The molecule has 0 aliphatic heterocycles. The second-order valence-electron chi connectivity index (χ2n) is 30.1. The fourth-order valence-electron chi connectivity index (χ4n) is 10.7. The van der Waals surface area contributed by atoms with Gasteiger partial charge in [0, 0.05) is 200 Å². The Morgan fingerprint density at radius 2 is 0.519 bits per heavy atom. The second kappa shape index (κ2) is 67.8. The fourth-order valence-corrected chi connectivity index (χ4v) is 10.7. The second-order valence-corrected chi connectivity index (χ2v) is 30.1. The van der Waals surface area contributed by atoms with E-state index in [2.05, 4.69) is 47.6 Å². The number of carbonyl (C=O) groups is 14. The molecule has 3 rings (SSSR count). The van der Waals surface area contributed by atoms with Crippen LogP contribution in [0.15, 0.2) is 103 Å². The fraction of sp³-hybridized carbons (Fsp3) is 0.560. The van der Waals surface area contributed by atoms with Crippen LogP contribution in [-0.2, 0) is 135 Å². The van der Waals surface area contributed by atoms with Crippen molar-refractivity contribution in [1.82, 2.24) is 50.7 Å². The number of hydrogen-bond acceptors (Lipinski definition) is 32. The molecule has 0 saturated carbocycles. The monoisotopic (exact) mass is 1880 g/mol. The SMILES string of the molecule is C=C(C)C(=O)CCCOCCOCCNC(=O)OCc1cccc(COC(=O)CCCOCCOCCNC(=O)C(=C)C)c1OC(=O)N(C)CCN(C)C(=O)OCc1cccc(COC(=O)N(C)CCN(C)C(=O)Oc2c(COC(=O)NCCOCCOCCCC(=O)C(=C)C)cccc2COC(=O)NCCOCCOCCCC(=O)C(=C)C)c1OC(=O)N(C)CCN(C)C(=O)OC.[3HH]. The van der Waals surface area contributed by atoms with Crippen molar-refractivity contribution < 1.29 is 154 Å².